The minimum Gasteiger partial charge on any atom is -0.475 e. The molecule has 3 heterocycles. The molecule has 0 amide bonds. The quantitative estimate of drug-likeness (QED) is 0.309. The third kappa shape index (κ3) is 4.76. The molecule has 0 fully saturated rings. The molecule has 7 nitrogen and oxygen atoms in total. The van der Waals surface area contributed by atoms with Gasteiger partial charge in [-0.15, -0.1) is 0 Å². The highest BCUT2D eigenvalue weighted by Gasteiger charge is 2.16. The zero-order chi connectivity index (χ0) is 25.2. The van der Waals surface area contributed by atoms with Gasteiger partial charge in [-0.1, -0.05) is 29.8 Å². The Kier molecular flexibility index (Phi) is 6.59. The summed E-state index contributed by atoms with van der Waals surface area (Å²) in [5.41, 5.74) is 4.71. The molecule has 36 heavy (non-hydrogen) atoms. The van der Waals surface area contributed by atoms with Crippen LogP contribution in [-0.2, 0) is 0 Å². The molecule has 3 aromatic heterocycles. The zero-order valence-electron chi connectivity index (χ0n) is 19.9. The molecule has 5 rings (SSSR count). The molecule has 0 aliphatic rings. The van der Waals surface area contributed by atoms with E-state index >= 15 is 0 Å². The van der Waals surface area contributed by atoms with E-state index in [9.17, 15) is 9.90 Å². The van der Waals surface area contributed by atoms with Crippen LogP contribution in [0.5, 0.6) is 5.88 Å². The molecule has 0 saturated heterocycles. The van der Waals surface area contributed by atoms with Gasteiger partial charge in [-0.3, -0.25) is 9.89 Å². The topological polar surface area (TPSA) is 93.0 Å². The monoisotopic (exact) mass is 500 g/mol. The molecule has 0 saturated carbocycles. The number of aliphatic hydroxyl groups is 1. The van der Waals surface area contributed by atoms with Crippen LogP contribution in [0, 0.1) is 0 Å². The van der Waals surface area contributed by atoms with Gasteiger partial charge in [-0.2, -0.15) is 5.10 Å². The summed E-state index contributed by atoms with van der Waals surface area (Å²) in [7, 11) is 0. The van der Waals surface area contributed by atoms with Crippen LogP contribution in [0.4, 0.5) is 0 Å². The van der Waals surface area contributed by atoms with E-state index in [-0.39, 0.29) is 18.3 Å². The van der Waals surface area contributed by atoms with Gasteiger partial charge in [0.25, 0.3) is 5.56 Å². The Morgan fingerprint density at radius 2 is 1.83 bits per heavy atom. The molecule has 0 aliphatic heterocycles. The minimum atomic E-state index is -0.525. The van der Waals surface area contributed by atoms with Gasteiger partial charge in [0, 0.05) is 40.5 Å². The van der Waals surface area contributed by atoms with Gasteiger partial charge in [0.1, 0.15) is 5.69 Å². The Labute approximate surface area is 213 Å². The molecule has 0 bridgehead atoms. The first kappa shape index (κ1) is 23.8. The van der Waals surface area contributed by atoms with E-state index in [4.69, 9.17) is 16.3 Å². The number of nitrogens with zero attached hydrogens (tertiary/aromatic N) is 3. The molecule has 0 aliphatic carbocycles. The van der Waals surface area contributed by atoms with Crippen LogP contribution in [0.2, 0.25) is 5.02 Å². The van der Waals surface area contributed by atoms with Crippen LogP contribution in [0.3, 0.4) is 0 Å². The Hall–Kier alpha value is -3.94. The Morgan fingerprint density at radius 1 is 1.03 bits per heavy atom. The second-order valence-electron chi connectivity index (χ2n) is 8.80. The van der Waals surface area contributed by atoms with Gasteiger partial charge in [0.05, 0.1) is 24.3 Å². The van der Waals surface area contributed by atoms with Crippen molar-refractivity contribution in [2.75, 3.05) is 6.61 Å². The van der Waals surface area contributed by atoms with Gasteiger partial charge >= 0.3 is 0 Å². The lowest BCUT2D eigenvalue weighted by Gasteiger charge is -2.18. The number of hydrogen-bond donors (Lipinski definition) is 2. The Morgan fingerprint density at radius 3 is 2.53 bits per heavy atom. The molecule has 1 unspecified atom stereocenters. The van der Waals surface area contributed by atoms with Crippen LogP contribution in [0.25, 0.3) is 33.3 Å². The van der Waals surface area contributed by atoms with Gasteiger partial charge in [0.2, 0.25) is 5.88 Å². The number of nitrogens with one attached hydrogen (secondary N) is 1. The molecular weight excluding hydrogens is 476 g/mol. The second-order valence-corrected chi connectivity index (χ2v) is 9.24. The summed E-state index contributed by atoms with van der Waals surface area (Å²) in [5, 5.41) is 19.0. The fourth-order valence-electron chi connectivity index (χ4n) is 4.24. The number of aromatic amines is 1. The van der Waals surface area contributed by atoms with E-state index in [1.165, 1.54) is 4.57 Å². The lowest BCUT2D eigenvalue weighted by Crippen LogP contribution is -2.26. The van der Waals surface area contributed by atoms with Crippen molar-refractivity contribution >= 4 is 22.5 Å². The zero-order valence-corrected chi connectivity index (χ0v) is 20.6. The van der Waals surface area contributed by atoms with Gasteiger partial charge in [-0.25, -0.2) is 4.98 Å². The summed E-state index contributed by atoms with van der Waals surface area (Å²) < 4.78 is 7.15. The summed E-state index contributed by atoms with van der Waals surface area (Å²) in [4.78, 5) is 17.5. The van der Waals surface area contributed by atoms with Crippen molar-refractivity contribution in [1.82, 2.24) is 19.7 Å². The molecule has 2 N–H and O–H groups in total. The predicted octanol–water partition coefficient (Wildman–Crippen LogP) is 5.48. The molecule has 1 atom stereocenters. The van der Waals surface area contributed by atoms with E-state index < -0.39 is 6.04 Å². The van der Waals surface area contributed by atoms with E-state index in [1.54, 1.807) is 36.7 Å². The van der Waals surface area contributed by atoms with E-state index in [0.717, 1.165) is 38.9 Å². The number of fused-ring (bicyclic) bond motifs is 1. The maximum Gasteiger partial charge on any atom is 0.251 e. The van der Waals surface area contributed by atoms with Crippen molar-refractivity contribution in [1.29, 1.82) is 0 Å². The van der Waals surface area contributed by atoms with Gasteiger partial charge in [0.15, 0.2) is 0 Å². The average molecular weight is 501 g/mol. The fourth-order valence-corrected chi connectivity index (χ4v) is 4.44. The normalized spacial score (nSPS) is 12.2. The van der Waals surface area contributed by atoms with Crippen LogP contribution >= 0.6 is 11.6 Å². The first-order valence-electron chi connectivity index (χ1n) is 11.6. The summed E-state index contributed by atoms with van der Waals surface area (Å²) in [6.07, 6.45) is 3.49. The lowest BCUT2D eigenvalue weighted by molar-refractivity contribution is 0.232. The standard InChI is InChI=1S/C28H25ClN4O3/c1-17(2)36-26-9-7-21(15-30-26)28-23-13-18(6-8-24(23)31-32-28)19-10-11-33(27(35)14-19)25(16-34)20-4-3-5-22(29)12-20/h3-15,17,25,34H,16H2,1-2H3,(H,31,32). The minimum absolute atomic E-state index is 0.0470. The highest BCUT2D eigenvalue weighted by Crippen LogP contribution is 2.31. The van der Waals surface area contributed by atoms with Crippen LogP contribution < -0.4 is 10.3 Å². The van der Waals surface area contributed by atoms with E-state index in [0.29, 0.717) is 10.9 Å². The largest absolute Gasteiger partial charge is 0.475 e. The number of hydrogen-bond acceptors (Lipinski definition) is 5. The molecule has 5 aromatic rings. The van der Waals surface area contributed by atoms with Crippen LogP contribution in [-0.4, -0.2) is 37.6 Å². The number of H-pyrrole nitrogens is 1. The van der Waals surface area contributed by atoms with Crippen LogP contribution in [0.15, 0.2) is 83.9 Å². The van der Waals surface area contributed by atoms with Gasteiger partial charge in [-0.05, 0) is 66.9 Å². The first-order valence-corrected chi connectivity index (χ1v) is 12.0. The SMILES string of the molecule is CC(C)Oc1ccc(-c2n[nH]c3ccc(-c4ccn(C(CO)c5cccc(Cl)c5)c(=O)c4)cc23)cn1. The highest BCUT2D eigenvalue weighted by atomic mass is 35.5. The number of rotatable bonds is 7. The molecule has 182 valence electrons. The maximum absolute atomic E-state index is 13.1. The van der Waals surface area contributed by atoms with Crippen molar-refractivity contribution in [2.24, 2.45) is 0 Å². The summed E-state index contributed by atoms with van der Waals surface area (Å²) >= 11 is 6.11. The summed E-state index contributed by atoms with van der Waals surface area (Å²) in [5.74, 6) is 0.564. The van der Waals surface area contributed by atoms with Crippen LogP contribution in [0.1, 0.15) is 25.5 Å². The molecule has 8 heteroatoms. The predicted molar refractivity (Wildman–Crippen MR) is 141 cm³/mol. The maximum atomic E-state index is 13.1. The number of benzene rings is 2. The molecule has 2 aromatic carbocycles. The average Bonchev–Trinajstić information content (AvgIpc) is 3.29. The third-order valence-electron chi connectivity index (χ3n) is 5.95. The van der Waals surface area contributed by atoms with E-state index in [1.807, 2.05) is 56.3 Å². The molecule has 0 radical (unpaired) electrons. The number of ether oxygens (including phenoxy) is 1. The van der Waals surface area contributed by atoms with Gasteiger partial charge < -0.3 is 14.4 Å². The fraction of sp³-hybridized carbons (Fsp3) is 0.179. The molecular formula is C28H25ClN4O3. The number of aliphatic hydroxyl groups excluding tert-OH is 1. The smallest absolute Gasteiger partial charge is 0.251 e. The second kappa shape index (κ2) is 9.97. The highest BCUT2D eigenvalue weighted by molar-refractivity contribution is 6.30. The molecule has 0 spiro atoms. The third-order valence-corrected chi connectivity index (χ3v) is 6.19. The number of pyridine rings is 2. The van der Waals surface area contributed by atoms with Crippen molar-refractivity contribution in [3.63, 3.8) is 0 Å². The summed E-state index contributed by atoms with van der Waals surface area (Å²) in [6.45, 7) is 3.69. The Bertz CT molecular complexity index is 1570. The van der Waals surface area contributed by atoms with Crippen molar-refractivity contribution in [3.8, 4) is 28.3 Å². The van der Waals surface area contributed by atoms with Crippen molar-refractivity contribution in [3.05, 3.63) is 100 Å². The Balaban J connectivity index is 1.49. The number of halogens is 1. The number of aromatic nitrogens is 4. The summed E-state index contributed by atoms with van der Waals surface area (Å²) in [6, 6.07) is 19.7. The van der Waals surface area contributed by atoms with Crippen molar-refractivity contribution < 1.29 is 9.84 Å². The lowest BCUT2D eigenvalue weighted by atomic mass is 10.0. The van der Waals surface area contributed by atoms with E-state index in [2.05, 4.69) is 15.2 Å². The first-order chi connectivity index (χ1) is 17.4. The van der Waals surface area contributed by atoms with Crippen molar-refractivity contribution in [2.45, 2.75) is 26.0 Å².